The summed E-state index contributed by atoms with van der Waals surface area (Å²) in [7, 11) is 0. The quantitative estimate of drug-likeness (QED) is 0.938. The zero-order chi connectivity index (χ0) is 15.6. The van der Waals surface area contributed by atoms with Crippen molar-refractivity contribution in [1.29, 1.82) is 0 Å². The van der Waals surface area contributed by atoms with Gasteiger partial charge in [0.25, 0.3) is 0 Å². The van der Waals surface area contributed by atoms with Crippen LogP contribution in [0, 0.1) is 5.82 Å². The number of aromatic nitrogens is 2. The second-order valence-electron chi connectivity index (χ2n) is 5.34. The van der Waals surface area contributed by atoms with Crippen LogP contribution in [-0.4, -0.2) is 21.0 Å². The second-order valence-corrected chi connectivity index (χ2v) is 5.34. The highest BCUT2D eigenvalue weighted by Crippen LogP contribution is 2.29. The van der Waals surface area contributed by atoms with Crippen molar-refractivity contribution in [2.24, 2.45) is 0 Å². The third-order valence-corrected chi connectivity index (χ3v) is 3.56. The number of hydrogen-bond donors (Lipinski definition) is 1. The number of carbonyl (C=O) groups is 1. The summed E-state index contributed by atoms with van der Waals surface area (Å²) in [6.07, 6.45) is 1.85. The standard InChI is InChI=1S/C16H17FN2O2/c1-4-13-12(14(20)21)9-18-15(19-13)16(2,3)10-5-7-11(17)8-6-10/h5-9H,4H2,1-3H3,(H,20,21). The predicted molar refractivity (Wildman–Crippen MR) is 76.9 cm³/mol. The number of carboxylic acid groups (broad SMARTS) is 1. The van der Waals surface area contributed by atoms with Gasteiger partial charge in [0, 0.05) is 11.6 Å². The maximum atomic E-state index is 13.0. The first-order valence-corrected chi connectivity index (χ1v) is 6.72. The van der Waals surface area contributed by atoms with Gasteiger partial charge in [0.05, 0.1) is 11.3 Å². The van der Waals surface area contributed by atoms with Gasteiger partial charge in [-0.25, -0.2) is 19.2 Å². The van der Waals surface area contributed by atoms with Gasteiger partial charge in [-0.15, -0.1) is 0 Å². The lowest BCUT2D eigenvalue weighted by Gasteiger charge is -2.24. The topological polar surface area (TPSA) is 63.1 Å². The van der Waals surface area contributed by atoms with Crippen molar-refractivity contribution in [3.05, 3.63) is 58.9 Å². The highest BCUT2D eigenvalue weighted by atomic mass is 19.1. The first-order valence-electron chi connectivity index (χ1n) is 6.72. The van der Waals surface area contributed by atoms with E-state index >= 15 is 0 Å². The van der Waals surface area contributed by atoms with Crippen LogP contribution < -0.4 is 0 Å². The third kappa shape index (κ3) is 2.91. The van der Waals surface area contributed by atoms with Gasteiger partial charge in [0.2, 0.25) is 0 Å². The Morgan fingerprint density at radius 2 is 1.90 bits per heavy atom. The van der Waals surface area contributed by atoms with Crippen LogP contribution in [-0.2, 0) is 11.8 Å². The van der Waals surface area contributed by atoms with E-state index in [4.69, 9.17) is 5.11 Å². The summed E-state index contributed by atoms with van der Waals surface area (Å²) in [5, 5.41) is 9.12. The number of halogens is 1. The van der Waals surface area contributed by atoms with Crippen LogP contribution in [0.25, 0.3) is 0 Å². The Balaban J connectivity index is 2.49. The molecule has 0 aliphatic carbocycles. The summed E-state index contributed by atoms with van der Waals surface area (Å²) in [5.74, 6) is -0.806. The number of aromatic carboxylic acids is 1. The summed E-state index contributed by atoms with van der Waals surface area (Å²) in [6.45, 7) is 5.70. The van der Waals surface area contributed by atoms with E-state index in [0.717, 1.165) is 5.56 Å². The van der Waals surface area contributed by atoms with Crippen molar-refractivity contribution in [3.63, 3.8) is 0 Å². The lowest BCUT2D eigenvalue weighted by molar-refractivity contribution is 0.0694. The van der Waals surface area contributed by atoms with Crippen LogP contribution in [0.4, 0.5) is 4.39 Å². The van der Waals surface area contributed by atoms with Crippen molar-refractivity contribution in [2.75, 3.05) is 0 Å². The van der Waals surface area contributed by atoms with Gasteiger partial charge in [-0.3, -0.25) is 0 Å². The molecule has 0 saturated carbocycles. The Morgan fingerprint density at radius 3 is 2.43 bits per heavy atom. The van der Waals surface area contributed by atoms with Crippen LogP contribution in [0.5, 0.6) is 0 Å². The molecule has 0 aliphatic heterocycles. The molecule has 2 aromatic rings. The summed E-state index contributed by atoms with van der Waals surface area (Å²) >= 11 is 0. The molecule has 1 N–H and O–H groups in total. The van der Waals surface area contributed by atoms with E-state index in [2.05, 4.69) is 9.97 Å². The second kappa shape index (κ2) is 5.60. The molecule has 0 aliphatic rings. The molecule has 110 valence electrons. The molecule has 2 rings (SSSR count). The van der Waals surface area contributed by atoms with Crippen molar-refractivity contribution >= 4 is 5.97 Å². The van der Waals surface area contributed by atoms with Gasteiger partial charge in [0.1, 0.15) is 11.6 Å². The molecule has 1 heterocycles. The number of rotatable bonds is 4. The third-order valence-electron chi connectivity index (χ3n) is 3.56. The molecule has 0 unspecified atom stereocenters. The summed E-state index contributed by atoms with van der Waals surface area (Å²) in [4.78, 5) is 19.7. The Bertz CT molecular complexity index is 666. The molecule has 0 amide bonds. The normalized spacial score (nSPS) is 11.4. The lowest BCUT2D eigenvalue weighted by atomic mass is 9.83. The molecule has 5 heteroatoms. The smallest absolute Gasteiger partial charge is 0.339 e. The molecular weight excluding hydrogens is 271 g/mol. The minimum atomic E-state index is -1.03. The first-order chi connectivity index (χ1) is 9.86. The molecule has 1 aromatic carbocycles. The molecule has 0 fully saturated rings. The van der Waals surface area contributed by atoms with Crippen molar-refractivity contribution in [3.8, 4) is 0 Å². The molecule has 0 spiro atoms. The van der Waals surface area contributed by atoms with Crippen LogP contribution >= 0.6 is 0 Å². The van der Waals surface area contributed by atoms with Gasteiger partial charge >= 0.3 is 5.97 Å². The Kier molecular flexibility index (Phi) is 4.02. The highest BCUT2D eigenvalue weighted by molar-refractivity contribution is 5.88. The summed E-state index contributed by atoms with van der Waals surface area (Å²) < 4.78 is 13.0. The fourth-order valence-corrected chi connectivity index (χ4v) is 2.16. The zero-order valence-corrected chi connectivity index (χ0v) is 12.2. The van der Waals surface area contributed by atoms with Crippen LogP contribution in [0.2, 0.25) is 0 Å². The van der Waals surface area contributed by atoms with Crippen LogP contribution in [0.3, 0.4) is 0 Å². The number of hydrogen-bond acceptors (Lipinski definition) is 3. The molecule has 0 saturated heterocycles. The van der Waals surface area contributed by atoms with Gasteiger partial charge in [-0.1, -0.05) is 19.1 Å². The SMILES string of the molecule is CCc1nc(C(C)(C)c2ccc(F)cc2)ncc1C(=O)O. The fourth-order valence-electron chi connectivity index (χ4n) is 2.16. The van der Waals surface area contributed by atoms with Crippen molar-refractivity contribution in [2.45, 2.75) is 32.6 Å². The van der Waals surface area contributed by atoms with E-state index in [9.17, 15) is 9.18 Å². The number of benzene rings is 1. The largest absolute Gasteiger partial charge is 0.478 e. The van der Waals surface area contributed by atoms with E-state index in [1.54, 1.807) is 12.1 Å². The van der Waals surface area contributed by atoms with E-state index in [0.29, 0.717) is 17.9 Å². The molecular formula is C16H17FN2O2. The number of carboxylic acids is 1. The molecule has 21 heavy (non-hydrogen) atoms. The van der Waals surface area contributed by atoms with Crippen LogP contribution in [0.1, 0.15) is 48.2 Å². The maximum Gasteiger partial charge on any atom is 0.339 e. The van der Waals surface area contributed by atoms with E-state index in [-0.39, 0.29) is 11.4 Å². The Hall–Kier alpha value is -2.30. The molecule has 0 radical (unpaired) electrons. The van der Waals surface area contributed by atoms with Crippen molar-refractivity contribution < 1.29 is 14.3 Å². The van der Waals surface area contributed by atoms with Crippen LogP contribution in [0.15, 0.2) is 30.5 Å². The molecule has 1 aromatic heterocycles. The summed E-state index contributed by atoms with van der Waals surface area (Å²) in [5.41, 5.74) is 0.960. The van der Waals surface area contributed by atoms with Gasteiger partial charge in [-0.2, -0.15) is 0 Å². The average Bonchev–Trinajstić information content (AvgIpc) is 2.46. The van der Waals surface area contributed by atoms with Gasteiger partial charge in [-0.05, 0) is 38.0 Å². The number of aryl methyl sites for hydroxylation is 1. The van der Waals surface area contributed by atoms with E-state index in [1.165, 1.54) is 18.3 Å². The molecule has 0 atom stereocenters. The zero-order valence-electron chi connectivity index (χ0n) is 12.2. The monoisotopic (exact) mass is 288 g/mol. The van der Waals surface area contributed by atoms with E-state index in [1.807, 2.05) is 20.8 Å². The Labute approximate surface area is 122 Å². The average molecular weight is 288 g/mol. The minimum absolute atomic E-state index is 0.121. The van der Waals surface area contributed by atoms with Gasteiger partial charge in [0.15, 0.2) is 0 Å². The highest BCUT2D eigenvalue weighted by Gasteiger charge is 2.27. The molecule has 0 bridgehead atoms. The van der Waals surface area contributed by atoms with E-state index < -0.39 is 11.4 Å². The molecule has 4 nitrogen and oxygen atoms in total. The number of nitrogens with zero attached hydrogens (tertiary/aromatic N) is 2. The fraction of sp³-hybridized carbons (Fsp3) is 0.312. The summed E-state index contributed by atoms with van der Waals surface area (Å²) in [6, 6.07) is 6.16. The predicted octanol–water partition coefficient (Wildman–Crippen LogP) is 3.20. The first kappa shape index (κ1) is 15.1. The van der Waals surface area contributed by atoms with Gasteiger partial charge < -0.3 is 5.11 Å². The lowest BCUT2D eigenvalue weighted by Crippen LogP contribution is -2.24. The minimum Gasteiger partial charge on any atom is -0.478 e. The maximum absolute atomic E-state index is 13.0. The Morgan fingerprint density at radius 1 is 1.29 bits per heavy atom. The van der Waals surface area contributed by atoms with Crippen molar-refractivity contribution in [1.82, 2.24) is 9.97 Å².